The highest BCUT2D eigenvalue weighted by atomic mass is 19.2. The number of aliphatic hydroxyl groups is 3. The lowest BCUT2D eigenvalue weighted by Crippen LogP contribution is -2.67. The molecular weight excluding hydrogens is 387 g/mol. The van der Waals surface area contributed by atoms with E-state index in [0.717, 1.165) is 24.3 Å². The smallest absolute Gasteiger partial charge is 0.337 e. The van der Waals surface area contributed by atoms with Crippen LogP contribution in [-0.2, 0) is 14.3 Å². The molecule has 3 rings (SSSR count). The lowest BCUT2D eigenvalue weighted by atomic mass is 9.92. The number of rotatable bonds is 4. The Bertz CT molecular complexity index is 772. The summed E-state index contributed by atoms with van der Waals surface area (Å²) in [6.45, 7) is -0.649. The number of halogens is 3. The van der Waals surface area contributed by atoms with Gasteiger partial charge in [0.25, 0.3) is 0 Å². The number of carbonyl (C=O) groups excluding carboxylic acids is 1. The molecule has 2 aliphatic heterocycles. The van der Waals surface area contributed by atoms with Crippen LogP contribution in [0.3, 0.4) is 0 Å². The first-order valence-electron chi connectivity index (χ1n) is 8.15. The highest BCUT2D eigenvalue weighted by Gasteiger charge is 2.50. The molecular formula is C16H18F3N3O6. The molecule has 0 spiro atoms. The predicted molar refractivity (Wildman–Crippen MR) is 86.0 cm³/mol. The van der Waals surface area contributed by atoms with Crippen LogP contribution in [0.1, 0.15) is 5.56 Å². The van der Waals surface area contributed by atoms with Crippen molar-refractivity contribution < 1.29 is 42.8 Å². The van der Waals surface area contributed by atoms with Crippen molar-refractivity contribution in [2.24, 2.45) is 0 Å². The van der Waals surface area contributed by atoms with Gasteiger partial charge in [-0.3, -0.25) is 5.01 Å². The number of benzene rings is 1. The number of ether oxygens (including phenoxy) is 2. The minimum atomic E-state index is -1.62. The normalized spacial score (nSPS) is 30.0. The van der Waals surface area contributed by atoms with E-state index in [2.05, 4.69) is 15.7 Å². The summed E-state index contributed by atoms with van der Waals surface area (Å²) in [6, 6.07) is 0.301. The zero-order valence-electron chi connectivity index (χ0n) is 14.5. The number of hydrogen-bond donors (Lipinski definition) is 5. The minimum absolute atomic E-state index is 0.0503. The Kier molecular flexibility index (Phi) is 5.76. The zero-order chi connectivity index (χ0) is 20.6. The highest BCUT2D eigenvalue weighted by Crippen LogP contribution is 2.28. The number of nitrogens with one attached hydrogen (secondary N) is 2. The number of carbonyl (C=O) groups is 1. The minimum Gasteiger partial charge on any atom is -0.467 e. The first-order chi connectivity index (χ1) is 13.3. The Morgan fingerprint density at radius 2 is 1.89 bits per heavy atom. The van der Waals surface area contributed by atoms with Gasteiger partial charge in [0.2, 0.25) is 0 Å². The largest absolute Gasteiger partial charge is 0.467 e. The summed E-state index contributed by atoms with van der Waals surface area (Å²) in [5.41, 5.74) is 5.17. The Hall–Kier alpha value is -2.38. The molecule has 0 saturated carbocycles. The van der Waals surface area contributed by atoms with Crippen LogP contribution in [0.5, 0.6) is 0 Å². The van der Waals surface area contributed by atoms with Crippen LogP contribution >= 0.6 is 0 Å². The van der Waals surface area contributed by atoms with Crippen molar-refractivity contribution >= 4 is 11.7 Å². The van der Waals surface area contributed by atoms with E-state index >= 15 is 0 Å². The Morgan fingerprint density at radius 3 is 2.46 bits per heavy atom. The number of nitrogens with zero attached hydrogens (tertiary/aromatic N) is 1. The summed E-state index contributed by atoms with van der Waals surface area (Å²) in [6.07, 6.45) is -4.49. The Morgan fingerprint density at radius 1 is 1.25 bits per heavy atom. The third kappa shape index (κ3) is 3.52. The highest BCUT2D eigenvalue weighted by molar-refractivity contribution is 5.75. The summed E-state index contributed by atoms with van der Waals surface area (Å²) in [7, 11) is 1.08. The van der Waals surface area contributed by atoms with Gasteiger partial charge in [0.1, 0.15) is 24.4 Å². The predicted octanol–water partition coefficient (Wildman–Crippen LogP) is -1.25. The van der Waals surface area contributed by atoms with Gasteiger partial charge in [-0.15, -0.1) is 5.53 Å². The van der Waals surface area contributed by atoms with E-state index in [1.54, 1.807) is 0 Å². The molecule has 1 saturated heterocycles. The fourth-order valence-electron chi connectivity index (χ4n) is 3.09. The maximum Gasteiger partial charge on any atom is 0.337 e. The zero-order valence-corrected chi connectivity index (χ0v) is 14.5. The van der Waals surface area contributed by atoms with Crippen LogP contribution in [0.25, 0.3) is 5.70 Å². The van der Waals surface area contributed by atoms with Gasteiger partial charge in [0.05, 0.1) is 19.4 Å². The molecule has 0 unspecified atom stereocenters. The summed E-state index contributed by atoms with van der Waals surface area (Å²) < 4.78 is 49.8. The SMILES string of the molecule is COC(=O)[C@@H]1O[C@H](CO)[C@H](O)[C@H](N2C=C(c3cc(F)c(F)c(F)c3)NN2)[C@H]1O. The lowest BCUT2D eigenvalue weighted by Gasteiger charge is -2.44. The number of esters is 1. The first-order valence-corrected chi connectivity index (χ1v) is 8.15. The van der Waals surface area contributed by atoms with Crippen molar-refractivity contribution in [3.05, 3.63) is 41.3 Å². The standard InChI is InChI=1S/C16H18F3N3O6/c1-27-16(26)15-14(25)12(13(24)10(5-23)28-15)22-4-9(20-21-22)6-2-7(17)11(19)8(18)3-6/h2-4,10,12-15,20-21,23-25H,5H2,1H3/t10-,12+,13+,14-,15-/m1/s1. The number of hydrazine groups is 2. The van der Waals surface area contributed by atoms with E-state index in [-0.39, 0.29) is 11.3 Å². The molecule has 1 aromatic carbocycles. The van der Waals surface area contributed by atoms with Gasteiger partial charge in [0.15, 0.2) is 23.6 Å². The van der Waals surface area contributed by atoms with Gasteiger partial charge in [-0.1, -0.05) is 0 Å². The van der Waals surface area contributed by atoms with E-state index in [0.29, 0.717) is 0 Å². The Labute approximate surface area is 156 Å². The molecule has 1 fully saturated rings. The van der Waals surface area contributed by atoms with Gasteiger partial charge in [-0.2, -0.15) is 0 Å². The third-order valence-corrected chi connectivity index (χ3v) is 4.53. The molecule has 0 bridgehead atoms. The van der Waals surface area contributed by atoms with Gasteiger partial charge in [0, 0.05) is 11.8 Å². The Balaban J connectivity index is 1.90. The van der Waals surface area contributed by atoms with Crippen molar-refractivity contribution in [3.63, 3.8) is 0 Å². The third-order valence-electron chi connectivity index (χ3n) is 4.53. The molecule has 9 nitrogen and oxygen atoms in total. The molecule has 5 atom stereocenters. The summed E-state index contributed by atoms with van der Waals surface area (Å²) in [5, 5.41) is 31.4. The maximum atomic E-state index is 13.5. The monoisotopic (exact) mass is 405 g/mol. The molecule has 1 aromatic rings. The molecule has 0 amide bonds. The van der Waals surface area contributed by atoms with Crippen molar-refractivity contribution in [3.8, 4) is 0 Å². The molecule has 0 aliphatic carbocycles. The number of methoxy groups -OCH3 is 1. The van der Waals surface area contributed by atoms with Crippen molar-refractivity contribution in [1.29, 1.82) is 0 Å². The summed E-state index contributed by atoms with van der Waals surface area (Å²) in [4.78, 5) is 11.8. The topological polar surface area (TPSA) is 124 Å². The summed E-state index contributed by atoms with van der Waals surface area (Å²) >= 11 is 0. The van der Waals surface area contributed by atoms with Gasteiger partial charge >= 0.3 is 5.97 Å². The van der Waals surface area contributed by atoms with Crippen molar-refractivity contribution in [2.75, 3.05) is 13.7 Å². The molecule has 0 radical (unpaired) electrons. The van der Waals surface area contributed by atoms with E-state index in [1.807, 2.05) is 0 Å². The van der Waals surface area contributed by atoms with Crippen LogP contribution in [0.4, 0.5) is 13.2 Å². The molecule has 5 N–H and O–H groups in total. The van der Waals surface area contributed by atoms with E-state index in [9.17, 15) is 33.3 Å². The van der Waals surface area contributed by atoms with E-state index in [4.69, 9.17) is 4.74 Å². The molecule has 2 aliphatic rings. The lowest BCUT2D eigenvalue weighted by molar-refractivity contribution is -0.222. The quantitative estimate of drug-likeness (QED) is 0.309. The van der Waals surface area contributed by atoms with Crippen molar-refractivity contribution in [1.82, 2.24) is 16.0 Å². The fourth-order valence-corrected chi connectivity index (χ4v) is 3.09. The second kappa shape index (κ2) is 7.93. The number of aliphatic hydroxyl groups excluding tert-OH is 3. The van der Waals surface area contributed by atoms with Gasteiger partial charge in [-0.25, -0.2) is 18.0 Å². The van der Waals surface area contributed by atoms with Crippen LogP contribution in [0, 0.1) is 17.5 Å². The van der Waals surface area contributed by atoms with E-state index < -0.39 is 60.5 Å². The average molecular weight is 405 g/mol. The summed E-state index contributed by atoms with van der Waals surface area (Å²) in [5.74, 6) is -5.32. The second-order valence-corrected chi connectivity index (χ2v) is 6.21. The van der Waals surface area contributed by atoms with Crippen LogP contribution < -0.4 is 11.0 Å². The van der Waals surface area contributed by atoms with Gasteiger partial charge < -0.3 is 30.2 Å². The van der Waals surface area contributed by atoms with Gasteiger partial charge in [-0.05, 0) is 12.1 Å². The molecule has 154 valence electrons. The van der Waals surface area contributed by atoms with Crippen LogP contribution in [0.15, 0.2) is 18.3 Å². The number of hydrogen-bond acceptors (Lipinski definition) is 9. The fraction of sp³-hybridized carbons (Fsp3) is 0.438. The molecule has 12 heteroatoms. The molecule has 0 aromatic heterocycles. The van der Waals surface area contributed by atoms with Crippen LogP contribution in [-0.4, -0.2) is 70.5 Å². The molecule has 28 heavy (non-hydrogen) atoms. The first kappa shape index (κ1) is 20.4. The average Bonchev–Trinajstić information content (AvgIpc) is 3.15. The molecule has 2 heterocycles. The van der Waals surface area contributed by atoms with Crippen molar-refractivity contribution in [2.45, 2.75) is 30.5 Å². The van der Waals surface area contributed by atoms with Crippen LogP contribution in [0.2, 0.25) is 0 Å². The van der Waals surface area contributed by atoms with E-state index in [1.165, 1.54) is 6.20 Å². The second-order valence-electron chi connectivity index (χ2n) is 6.21. The maximum absolute atomic E-state index is 13.5.